The van der Waals surface area contributed by atoms with Crippen LogP contribution in [-0.4, -0.2) is 24.9 Å². The fourth-order valence-electron chi connectivity index (χ4n) is 2.18. The van der Waals surface area contributed by atoms with Crippen LogP contribution in [0, 0.1) is 13.8 Å². The summed E-state index contributed by atoms with van der Waals surface area (Å²) in [6.07, 6.45) is 1.50. The van der Waals surface area contributed by atoms with E-state index in [0.717, 1.165) is 4.47 Å². The predicted molar refractivity (Wildman–Crippen MR) is 106 cm³/mol. The summed E-state index contributed by atoms with van der Waals surface area (Å²) in [6, 6.07) is 11.0. The molecule has 0 aliphatic carbocycles. The average molecular weight is 450 g/mol. The maximum absolute atomic E-state index is 12.5. The lowest BCUT2D eigenvalue weighted by molar-refractivity contribution is 0.430. The summed E-state index contributed by atoms with van der Waals surface area (Å²) in [7, 11) is -3.80. The normalized spacial score (nSPS) is 11.8. The molecule has 3 aromatic rings. The summed E-state index contributed by atoms with van der Waals surface area (Å²) in [5, 5.41) is 13.5. The third-order valence-electron chi connectivity index (χ3n) is 3.87. The second-order valence-electron chi connectivity index (χ2n) is 5.78. The van der Waals surface area contributed by atoms with E-state index in [-0.39, 0.29) is 16.5 Å². The van der Waals surface area contributed by atoms with Gasteiger partial charge in [-0.25, -0.2) is 13.1 Å². The lowest BCUT2D eigenvalue weighted by atomic mass is 10.2. The quantitative estimate of drug-likeness (QED) is 0.564. The van der Waals surface area contributed by atoms with E-state index in [2.05, 4.69) is 30.8 Å². The Bertz CT molecular complexity index is 1110. The fourth-order valence-corrected chi connectivity index (χ4v) is 3.60. The van der Waals surface area contributed by atoms with E-state index in [1.54, 1.807) is 44.2 Å². The SMILES string of the molecule is Cc1noc(NS(=O)(=O)c2ccc(N=Cc3cc(Br)ccc3O)cc2)c1C. The van der Waals surface area contributed by atoms with Crippen LogP contribution in [0.5, 0.6) is 5.75 Å². The van der Waals surface area contributed by atoms with Crippen LogP contribution in [-0.2, 0) is 10.0 Å². The van der Waals surface area contributed by atoms with Crippen LogP contribution in [0.25, 0.3) is 0 Å². The number of halogens is 1. The van der Waals surface area contributed by atoms with Crippen molar-refractivity contribution in [1.82, 2.24) is 5.16 Å². The molecule has 0 saturated carbocycles. The number of rotatable bonds is 5. The maximum Gasteiger partial charge on any atom is 0.264 e. The van der Waals surface area contributed by atoms with Crippen molar-refractivity contribution in [3.05, 3.63) is 63.8 Å². The maximum atomic E-state index is 12.5. The number of anilines is 1. The molecule has 27 heavy (non-hydrogen) atoms. The molecule has 3 rings (SSSR count). The molecule has 1 heterocycles. The molecule has 9 heteroatoms. The Morgan fingerprint density at radius 2 is 1.89 bits per heavy atom. The van der Waals surface area contributed by atoms with Gasteiger partial charge in [0.25, 0.3) is 10.0 Å². The highest BCUT2D eigenvalue weighted by atomic mass is 79.9. The number of aromatic nitrogens is 1. The first-order valence-corrected chi connectivity index (χ1v) is 10.1. The Balaban J connectivity index is 1.79. The summed E-state index contributed by atoms with van der Waals surface area (Å²) in [4.78, 5) is 4.32. The van der Waals surface area contributed by atoms with Crippen molar-refractivity contribution in [1.29, 1.82) is 0 Å². The molecule has 0 saturated heterocycles. The van der Waals surface area contributed by atoms with Crippen molar-refractivity contribution >= 4 is 43.7 Å². The first-order valence-electron chi connectivity index (χ1n) is 7.84. The molecule has 0 atom stereocenters. The van der Waals surface area contributed by atoms with Gasteiger partial charge in [-0.05, 0) is 56.3 Å². The van der Waals surface area contributed by atoms with Gasteiger partial charge in [0.1, 0.15) is 5.75 Å². The summed E-state index contributed by atoms with van der Waals surface area (Å²) in [6.45, 7) is 3.45. The Morgan fingerprint density at radius 3 is 2.52 bits per heavy atom. The highest BCUT2D eigenvalue weighted by Crippen LogP contribution is 2.24. The lowest BCUT2D eigenvalue weighted by Gasteiger charge is -2.06. The van der Waals surface area contributed by atoms with Gasteiger partial charge < -0.3 is 9.63 Å². The van der Waals surface area contributed by atoms with Gasteiger partial charge in [0.15, 0.2) is 0 Å². The number of sulfonamides is 1. The molecule has 0 fully saturated rings. The Morgan fingerprint density at radius 1 is 1.19 bits per heavy atom. The number of nitrogens with zero attached hydrogens (tertiary/aromatic N) is 2. The van der Waals surface area contributed by atoms with Gasteiger partial charge in [-0.1, -0.05) is 21.1 Å². The van der Waals surface area contributed by atoms with Gasteiger partial charge in [-0.3, -0.25) is 4.99 Å². The van der Waals surface area contributed by atoms with E-state index in [4.69, 9.17) is 4.52 Å². The fraction of sp³-hybridized carbons (Fsp3) is 0.111. The van der Waals surface area contributed by atoms with E-state index in [9.17, 15) is 13.5 Å². The number of aliphatic imine (C=N–C) groups is 1. The first-order chi connectivity index (χ1) is 12.8. The molecule has 2 N–H and O–H groups in total. The monoisotopic (exact) mass is 449 g/mol. The van der Waals surface area contributed by atoms with Crippen molar-refractivity contribution in [3.63, 3.8) is 0 Å². The summed E-state index contributed by atoms with van der Waals surface area (Å²) < 4.78 is 33.1. The Hall–Kier alpha value is -2.65. The van der Waals surface area contributed by atoms with E-state index in [1.807, 2.05) is 0 Å². The third-order valence-corrected chi connectivity index (χ3v) is 5.71. The zero-order valence-electron chi connectivity index (χ0n) is 14.5. The topological polar surface area (TPSA) is 105 Å². The van der Waals surface area contributed by atoms with Crippen molar-refractivity contribution < 1.29 is 18.0 Å². The standard InChI is InChI=1S/C18H16BrN3O4S/c1-11-12(2)21-26-18(11)22-27(24,25)16-6-4-15(5-7-16)20-10-13-9-14(19)3-8-17(13)23/h3-10,22-23H,1-2H3. The van der Waals surface area contributed by atoms with E-state index in [0.29, 0.717) is 22.5 Å². The molecule has 0 spiro atoms. The average Bonchev–Trinajstić information content (AvgIpc) is 2.94. The predicted octanol–water partition coefficient (Wildman–Crippen LogP) is 4.31. The molecular formula is C18H16BrN3O4S. The number of aromatic hydroxyl groups is 1. The van der Waals surface area contributed by atoms with Crippen LogP contribution >= 0.6 is 15.9 Å². The van der Waals surface area contributed by atoms with Gasteiger partial charge in [0, 0.05) is 21.8 Å². The molecule has 7 nitrogen and oxygen atoms in total. The number of hydrogen-bond donors (Lipinski definition) is 2. The molecule has 140 valence electrons. The van der Waals surface area contributed by atoms with Crippen LogP contribution in [0.2, 0.25) is 0 Å². The zero-order chi connectivity index (χ0) is 19.6. The third kappa shape index (κ3) is 4.37. The molecule has 0 bridgehead atoms. The highest BCUT2D eigenvalue weighted by Gasteiger charge is 2.19. The molecule has 0 unspecified atom stereocenters. The van der Waals surface area contributed by atoms with Gasteiger partial charge >= 0.3 is 0 Å². The summed E-state index contributed by atoms with van der Waals surface area (Å²) in [5.41, 5.74) is 2.33. The minimum absolute atomic E-state index is 0.0696. The van der Waals surface area contributed by atoms with Crippen LogP contribution in [0.15, 0.2) is 61.3 Å². The van der Waals surface area contributed by atoms with Crippen LogP contribution in [0.4, 0.5) is 11.6 Å². The first kappa shape index (κ1) is 19.1. The van der Waals surface area contributed by atoms with Crippen LogP contribution in [0.1, 0.15) is 16.8 Å². The number of aryl methyl sites for hydroxylation is 1. The minimum Gasteiger partial charge on any atom is -0.507 e. The largest absolute Gasteiger partial charge is 0.507 e. The number of nitrogens with one attached hydrogen (secondary N) is 1. The Kier molecular flexibility index (Phi) is 5.33. The molecule has 0 aliphatic heterocycles. The van der Waals surface area contributed by atoms with Gasteiger partial charge in [0.05, 0.1) is 16.3 Å². The molecule has 1 aromatic heterocycles. The Labute approximate surface area is 164 Å². The van der Waals surface area contributed by atoms with E-state index >= 15 is 0 Å². The number of benzene rings is 2. The minimum atomic E-state index is -3.80. The van der Waals surface area contributed by atoms with Gasteiger partial charge in [-0.15, -0.1) is 0 Å². The number of hydrogen-bond acceptors (Lipinski definition) is 6. The lowest BCUT2D eigenvalue weighted by Crippen LogP contribution is -2.12. The molecule has 2 aromatic carbocycles. The second kappa shape index (κ2) is 7.53. The van der Waals surface area contributed by atoms with Crippen LogP contribution in [0.3, 0.4) is 0 Å². The van der Waals surface area contributed by atoms with Crippen molar-refractivity contribution in [2.45, 2.75) is 18.7 Å². The van der Waals surface area contributed by atoms with Crippen molar-refractivity contribution in [2.24, 2.45) is 4.99 Å². The van der Waals surface area contributed by atoms with Crippen molar-refractivity contribution in [3.8, 4) is 5.75 Å². The molecule has 0 aliphatic rings. The molecular weight excluding hydrogens is 434 g/mol. The molecule has 0 amide bonds. The zero-order valence-corrected chi connectivity index (χ0v) is 16.9. The second-order valence-corrected chi connectivity index (χ2v) is 8.38. The number of phenols is 1. The van der Waals surface area contributed by atoms with E-state index in [1.165, 1.54) is 18.3 Å². The van der Waals surface area contributed by atoms with E-state index < -0.39 is 10.0 Å². The number of phenolic OH excluding ortho intramolecular Hbond substituents is 1. The van der Waals surface area contributed by atoms with Crippen LogP contribution < -0.4 is 4.72 Å². The van der Waals surface area contributed by atoms with Gasteiger partial charge in [-0.2, -0.15) is 0 Å². The summed E-state index contributed by atoms with van der Waals surface area (Å²) in [5.74, 6) is 0.197. The summed E-state index contributed by atoms with van der Waals surface area (Å²) >= 11 is 3.33. The highest BCUT2D eigenvalue weighted by molar-refractivity contribution is 9.10. The van der Waals surface area contributed by atoms with Gasteiger partial charge in [0.2, 0.25) is 5.88 Å². The van der Waals surface area contributed by atoms with Crippen molar-refractivity contribution in [2.75, 3.05) is 4.72 Å². The smallest absolute Gasteiger partial charge is 0.264 e. The molecule has 0 radical (unpaired) electrons.